The smallest absolute Gasteiger partial charge is 0.330 e. The van der Waals surface area contributed by atoms with Crippen LogP contribution in [0.5, 0.6) is 0 Å². The van der Waals surface area contributed by atoms with Crippen molar-refractivity contribution < 1.29 is 62.1 Å². The summed E-state index contributed by atoms with van der Waals surface area (Å²) in [5, 5.41) is 33.9. The van der Waals surface area contributed by atoms with Gasteiger partial charge in [0.1, 0.15) is 36.1 Å². The molecule has 15 atom stereocenters. The van der Waals surface area contributed by atoms with Crippen LogP contribution < -0.4 is 0 Å². The Morgan fingerprint density at radius 2 is 1.76 bits per heavy atom. The molecule has 7 rings (SSSR count). The minimum atomic E-state index is -1.72. The Kier molecular flexibility index (Phi) is 18.1. The molecule has 0 saturated carbocycles. The average Bonchev–Trinajstić information content (AvgIpc) is 3.95. The Hall–Kier alpha value is -4.03. The van der Waals surface area contributed by atoms with Crippen molar-refractivity contribution in [1.29, 1.82) is 0 Å². The van der Waals surface area contributed by atoms with Crippen LogP contribution in [-0.2, 0) is 44.4 Å². The summed E-state index contributed by atoms with van der Waals surface area (Å²) in [5.74, 6) is -1.91. The van der Waals surface area contributed by atoms with Crippen LogP contribution in [0.1, 0.15) is 135 Å². The molecule has 68 heavy (non-hydrogen) atoms. The Balaban J connectivity index is 1.07. The maximum Gasteiger partial charge on any atom is 0.330 e. The molecule has 5 aliphatic rings. The Labute approximate surface area is 401 Å². The van der Waals surface area contributed by atoms with Crippen molar-refractivity contribution in [3.05, 3.63) is 95.4 Å². The van der Waals surface area contributed by atoms with E-state index in [2.05, 4.69) is 13.5 Å². The second-order valence-electron chi connectivity index (χ2n) is 19.7. The van der Waals surface area contributed by atoms with Crippen LogP contribution >= 0.6 is 0 Å². The summed E-state index contributed by atoms with van der Waals surface area (Å²) in [6.07, 6.45) is 19.1. The monoisotopic (exact) mass is 947 g/mol. The fourth-order valence-corrected chi connectivity index (χ4v) is 10.5. The maximum atomic E-state index is 13.5. The van der Waals surface area contributed by atoms with Crippen molar-refractivity contribution >= 4 is 18.1 Å². The number of hydrogen-bond donors (Lipinski definition) is 3. The predicted octanol–water partition coefficient (Wildman–Crippen LogP) is 8.26. The molecule has 0 aliphatic carbocycles. The van der Waals surface area contributed by atoms with Gasteiger partial charge in [0.2, 0.25) is 5.89 Å². The first kappa shape index (κ1) is 51.8. The molecule has 0 amide bonds. The fraction of sp³-hybridized carbons (Fsp3) is 0.642. The van der Waals surface area contributed by atoms with Gasteiger partial charge in [-0.2, -0.15) is 0 Å². The number of allylic oxidation sites excluding steroid dienone is 2. The molecule has 4 fully saturated rings. The predicted molar refractivity (Wildman–Crippen MR) is 254 cm³/mol. The molecule has 4 saturated heterocycles. The molecule has 15 heteroatoms. The standard InChI is InChI=1S/C53H74N2O13/c1-9-12-38(60-7)18-17-31(2)21-44(57)47-26-42(61-8)27-53(59,68-47)28-49-54-36(29-62-49)22-33(4)51-35(6)52-34(5)45(66-51)14-11-15-48-55-43(30-63-48)46-24-37(56)23-41(65-46)25-40-20-32(3)19-39(64-40)13-10-16-50(58)67-52/h10-11,15-18,21-22,29-30,34-35,37-42,44-47,51-52,56-57,59H,3,9,12-14,19-20,23-28H2,1-2,4-8H3/t34-,35-,37+,38+,39-,40+,41-,42+,44+,45+,46+,47+,51-,52-,53-/m0/s1. The highest BCUT2D eigenvalue weighted by Crippen LogP contribution is 2.40. The van der Waals surface area contributed by atoms with Gasteiger partial charge in [0.25, 0.3) is 0 Å². The van der Waals surface area contributed by atoms with Crippen LogP contribution in [0.25, 0.3) is 12.2 Å². The van der Waals surface area contributed by atoms with Crippen molar-refractivity contribution in [2.45, 2.75) is 191 Å². The largest absolute Gasteiger partial charge is 0.458 e. The van der Waals surface area contributed by atoms with Crippen molar-refractivity contribution in [2.24, 2.45) is 11.8 Å². The van der Waals surface area contributed by atoms with Gasteiger partial charge in [0.05, 0.1) is 67.5 Å². The lowest BCUT2D eigenvalue weighted by Gasteiger charge is -2.44. The first-order chi connectivity index (χ1) is 32.6. The molecule has 0 aromatic carbocycles. The van der Waals surface area contributed by atoms with Gasteiger partial charge in [0, 0.05) is 57.8 Å². The van der Waals surface area contributed by atoms with E-state index in [9.17, 15) is 20.1 Å². The molecule has 0 unspecified atom stereocenters. The molecular formula is C53H74N2O13. The summed E-state index contributed by atoms with van der Waals surface area (Å²) >= 11 is 0. The highest BCUT2D eigenvalue weighted by atomic mass is 16.6. The third-order valence-electron chi connectivity index (χ3n) is 14.0. The molecule has 3 N–H and O–H groups in total. The molecule has 2 aromatic rings. The molecule has 8 bridgehead atoms. The zero-order valence-electron chi connectivity index (χ0n) is 40.9. The Morgan fingerprint density at radius 1 is 0.971 bits per heavy atom. The first-order valence-corrected chi connectivity index (χ1v) is 24.5. The van der Waals surface area contributed by atoms with Crippen LogP contribution in [0, 0.1) is 11.8 Å². The average molecular weight is 947 g/mol. The summed E-state index contributed by atoms with van der Waals surface area (Å²) in [6, 6.07) is 0. The van der Waals surface area contributed by atoms with E-state index >= 15 is 0 Å². The van der Waals surface area contributed by atoms with Gasteiger partial charge in [-0.3, -0.25) is 0 Å². The van der Waals surface area contributed by atoms with E-state index in [1.807, 2.05) is 58.1 Å². The van der Waals surface area contributed by atoms with Crippen molar-refractivity contribution in [1.82, 2.24) is 9.97 Å². The summed E-state index contributed by atoms with van der Waals surface area (Å²) < 4.78 is 55.2. The van der Waals surface area contributed by atoms with E-state index in [-0.39, 0.29) is 67.2 Å². The quantitative estimate of drug-likeness (QED) is 0.104. The second-order valence-corrected chi connectivity index (χ2v) is 19.7. The minimum absolute atomic E-state index is 0.0138. The third kappa shape index (κ3) is 13.8. The van der Waals surface area contributed by atoms with Gasteiger partial charge in [-0.05, 0) is 70.1 Å². The van der Waals surface area contributed by atoms with E-state index in [0.29, 0.717) is 68.6 Å². The number of carbonyl (C=O) groups is 1. The van der Waals surface area contributed by atoms with E-state index in [0.717, 1.165) is 29.6 Å². The van der Waals surface area contributed by atoms with Crippen molar-refractivity contribution in [2.75, 3.05) is 14.2 Å². The molecule has 0 spiro atoms. The number of rotatable bonds is 12. The SMILES string of the molecule is C=C1C[C@@H]2C[C@@H]3C[C@@H](O)C[C@@H](O3)c3coc(n3)C=CC[C@H]3O[C@@H](C(C)=Cc4coc(C[C@]5(O)C[C@H](OC)C[C@H]([C@H](O)C=C(C)C=C[C@@H](CCC)OC)O5)n4)[C@H](C)[C@@H](OC(=O)C=CC[C@@H](C1)O2)[C@H]3C. The molecular weight excluding hydrogens is 873 g/mol. The van der Waals surface area contributed by atoms with Crippen LogP contribution in [0.15, 0.2) is 81.1 Å². The van der Waals surface area contributed by atoms with Gasteiger partial charge in [-0.15, -0.1) is 0 Å². The number of nitrogens with zero attached hydrogens (tertiary/aromatic N) is 2. The number of aliphatic hydroxyl groups excluding tert-OH is 2. The van der Waals surface area contributed by atoms with Crippen molar-refractivity contribution in [3.63, 3.8) is 0 Å². The zero-order chi connectivity index (χ0) is 48.5. The number of hydrogen-bond acceptors (Lipinski definition) is 15. The van der Waals surface area contributed by atoms with E-state index in [1.54, 1.807) is 32.6 Å². The Bertz CT molecular complexity index is 2140. The molecule has 0 radical (unpaired) electrons. The van der Waals surface area contributed by atoms with Gasteiger partial charge < -0.3 is 57.3 Å². The van der Waals surface area contributed by atoms with E-state index in [4.69, 9.17) is 52.0 Å². The minimum Gasteiger partial charge on any atom is -0.458 e. The molecule has 5 aliphatic heterocycles. The molecule has 7 heterocycles. The molecule has 2 aromatic heterocycles. The highest BCUT2D eigenvalue weighted by Gasteiger charge is 2.45. The number of oxazole rings is 2. The van der Waals surface area contributed by atoms with Gasteiger partial charge >= 0.3 is 5.97 Å². The summed E-state index contributed by atoms with van der Waals surface area (Å²) in [6.45, 7) is 14.3. The lowest BCUT2D eigenvalue weighted by molar-refractivity contribution is -0.286. The fourth-order valence-electron chi connectivity index (χ4n) is 10.5. The highest BCUT2D eigenvalue weighted by molar-refractivity contribution is 5.82. The van der Waals surface area contributed by atoms with Gasteiger partial charge in [-0.25, -0.2) is 14.8 Å². The number of ether oxygens (including phenoxy) is 7. The van der Waals surface area contributed by atoms with Gasteiger partial charge in [0.15, 0.2) is 11.7 Å². The first-order valence-electron chi connectivity index (χ1n) is 24.5. The van der Waals surface area contributed by atoms with E-state index in [1.165, 1.54) is 12.3 Å². The Morgan fingerprint density at radius 3 is 2.54 bits per heavy atom. The number of aliphatic hydroxyl groups is 3. The molecule has 374 valence electrons. The summed E-state index contributed by atoms with van der Waals surface area (Å²) in [4.78, 5) is 23.0. The van der Waals surface area contributed by atoms with Crippen LogP contribution in [-0.4, -0.2) is 118 Å². The molecule has 15 nitrogen and oxygen atoms in total. The lowest BCUT2D eigenvalue weighted by atomic mass is 9.79. The van der Waals surface area contributed by atoms with Gasteiger partial charge in [-0.1, -0.05) is 75.3 Å². The number of methoxy groups -OCH3 is 2. The second kappa shape index (κ2) is 23.7. The topological polar surface area (TPSA) is 194 Å². The van der Waals surface area contributed by atoms with Crippen LogP contribution in [0.3, 0.4) is 0 Å². The third-order valence-corrected chi connectivity index (χ3v) is 14.0. The zero-order valence-corrected chi connectivity index (χ0v) is 40.9. The van der Waals surface area contributed by atoms with Crippen molar-refractivity contribution in [3.8, 4) is 0 Å². The van der Waals surface area contributed by atoms with Crippen LogP contribution in [0.2, 0.25) is 0 Å². The lowest BCUT2D eigenvalue weighted by Crippen LogP contribution is -2.51. The number of carbonyl (C=O) groups excluding carboxylic acids is 1. The normalized spacial score (nSPS) is 35.4. The summed E-state index contributed by atoms with van der Waals surface area (Å²) in [7, 11) is 3.26. The van der Waals surface area contributed by atoms with E-state index < -0.39 is 48.4 Å². The number of fused-ring (bicyclic) bond motifs is 9. The number of esters is 1. The number of aromatic nitrogens is 2. The summed E-state index contributed by atoms with van der Waals surface area (Å²) in [5.41, 5.74) is 3.91. The van der Waals surface area contributed by atoms with Crippen LogP contribution in [0.4, 0.5) is 0 Å². The maximum absolute atomic E-state index is 13.5.